The molecule has 4 fully saturated rings. The predicted octanol–water partition coefficient (Wildman–Crippen LogP) is 2.41. The molecule has 6 amide bonds. The van der Waals surface area contributed by atoms with Crippen LogP contribution >= 0.6 is 0 Å². The lowest BCUT2D eigenvalue weighted by Gasteiger charge is -2.59. The van der Waals surface area contributed by atoms with E-state index in [1.54, 1.807) is 0 Å². The summed E-state index contributed by atoms with van der Waals surface area (Å²) in [5.41, 5.74) is -1.10. The maximum atomic E-state index is 13.1. The van der Waals surface area contributed by atoms with Crippen molar-refractivity contribution in [3.05, 3.63) is 0 Å². The van der Waals surface area contributed by atoms with E-state index in [1.165, 1.54) is 6.92 Å². The third-order valence-electron chi connectivity index (χ3n) is 10.7. The summed E-state index contributed by atoms with van der Waals surface area (Å²) in [7, 11) is 0. The van der Waals surface area contributed by atoms with Gasteiger partial charge >= 0.3 is 0 Å². The van der Waals surface area contributed by atoms with Gasteiger partial charge in [0.2, 0.25) is 35.4 Å². The summed E-state index contributed by atoms with van der Waals surface area (Å²) in [5, 5.41) is 50.6. The summed E-state index contributed by atoms with van der Waals surface area (Å²) in [6.45, 7) is 3.03. The highest BCUT2D eigenvalue weighted by atomic mass is 16.5. The topological polar surface area (TPSA) is 229 Å². The van der Waals surface area contributed by atoms with Crippen molar-refractivity contribution < 1.29 is 49.5 Å². The van der Waals surface area contributed by atoms with Gasteiger partial charge in [0.15, 0.2) is 0 Å². The van der Waals surface area contributed by atoms with Crippen molar-refractivity contribution in [1.29, 1.82) is 0 Å². The Morgan fingerprint density at radius 2 is 1.00 bits per heavy atom. The van der Waals surface area contributed by atoms with Crippen molar-refractivity contribution in [2.45, 2.75) is 135 Å². The summed E-state index contributed by atoms with van der Waals surface area (Å²) in [6.07, 6.45) is 10.4. The fourth-order valence-corrected chi connectivity index (χ4v) is 8.30. The van der Waals surface area contributed by atoms with E-state index in [9.17, 15) is 49.5 Å². The highest BCUT2D eigenvalue weighted by Crippen LogP contribution is 2.61. The maximum Gasteiger partial charge on any atom is 0.246 e. The van der Waals surface area contributed by atoms with Crippen LogP contribution in [0.5, 0.6) is 0 Å². The van der Waals surface area contributed by atoms with Crippen molar-refractivity contribution in [1.82, 2.24) is 31.1 Å². The van der Waals surface area contributed by atoms with E-state index in [-0.39, 0.29) is 63.0 Å². The van der Waals surface area contributed by atoms with Crippen LogP contribution in [0.25, 0.3) is 0 Å². The fraction of sp³-hybridized carbons (Fsp3) is 0.833. The molecule has 0 saturated heterocycles. The van der Waals surface area contributed by atoms with Gasteiger partial charge in [0, 0.05) is 71.9 Å². The van der Waals surface area contributed by atoms with Crippen molar-refractivity contribution in [3.63, 3.8) is 0 Å². The molecule has 0 spiro atoms. The van der Waals surface area contributed by atoms with Crippen LogP contribution in [0.4, 0.5) is 0 Å². The minimum absolute atomic E-state index is 0.0528. The summed E-state index contributed by atoms with van der Waals surface area (Å²) in [5.74, 6) is -1.18. The van der Waals surface area contributed by atoms with Gasteiger partial charge in [-0.3, -0.25) is 44.4 Å². The zero-order valence-electron chi connectivity index (χ0n) is 30.9. The van der Waals surface area contributed by atoms with Crippen LogP contribution in [0.3, 0.4) is 0 Å². The molecule has 0 aliphatic heterocycles. The molecule has 0 heterocycles. The molecule has 0 aromatic carbocycles. The summed E-state index contributed by atoms with van der Waals surface area (Å²) in [4.78, 5) is 72.4. The van der Waals surface area contributed by atoms with Gasteiger partial charge in [-0.15, -0.1) is 0 Å². The second-order valence-electron chi connectivity index (χ2n) is 15.3. The third-order valence-corrected chi connectivity index (χ3v) is 10.7. The quantitative estimate of drug-likeness (QED) is 0.0411. The van der Waals surface area contributed by atoms with Crippen molar-refractivity contribution in [2.24, 2.45) is 17.3 Å². The largest absolute Gasteiger partial charge is 0.390 e. The van der Waals surface area contributed by atoms with Crippen molar-refractivity contribution >= 4 is 35.4 Å². The van der Waals surface area contributed by atoms with Gasteiger partial charge in [0.1, 0.15) is 0 Å². The van der Waals surface area contributed by atoms with Gasteiger partial charge in [-0.05, 0) is 108 Å². The first-order valence-corrected chi connectivity index (χ1v) is 19.2. The van der Waals surface area contributed by atoms with E-state index < -0.39 is 28.7 Å². The number of carbonyl (C=O) groups excluding carboxylic acids is 6. The Hall–Kier alpha value is -3.34. The van der Waals surface area contributed by atoms with Gasteiger partial charge in [-0.25, -0.2) is 15.2 Å². The van der Waals surface area contributed by atoms with Crippen LogP contribution in [-0.2, 0) is 28.8 Å². The average Bonchev–Trinajstić information content (AvgIpc) is 3.08. The normalized spacial score (nSPS) is 22.8. The summed E-state index contributed by atoms with van der Waals surface area (Å²) >= 11 is 0. The number of hydrogen-bond acceptors (Lipinski definition) is 10. The van der Waals surface area contributed by atoms with Crippen molar-refractivity contribution in [3.8, 4) is 0 Å². The number of hydrogen-bond donors (Lipinski definition) is 7. The Bertz CT molecular complexity index is 1200. The third kappa shape index (κ3) is 14.6. The number of aliphatic hydroxyl groups is 1. The minimum atomic E-state index is -0.674. The molecular weight excluding hydrogens is 676 g/mol. The Morgan fingerprint density at radius 3 is 1.42 bits per heavy atom. The van der Waals surface area contributed by atoms with E-state index in [4.69, 9.17) is 0 Å². The van der Waals surface area contributed by atoms with Gasteiger partial charge in [0.25, 0.3) is 0 Å². The summed E-state index contributed by atoms with van der Waals surface area (Å²) < 4.78 is 0. The number of hydroxylamine groups is 6. The molecule has 16 nitrogen and oxygen atoms in total. The van der Waals surface area contributed by atoms with E-state index in [1.807, 2.05) is 0 Å². The molecule has 4 aliphatic rings. The first kappa shape index (κ1) is 43.1. The number of nitrogens with one attached hydrogen (secondary N) is 3. The Kier molecular flexibility index (Phi) is 17.7. The molecule has 0 aromatic rings. The molecule has 4 aliphatic carbocycles. The molecule has 296 valence electrons. The van der Waals surface area contributed by atoms with Gasteiger partial charge in [-0.1, -0.05) is 0 Å². The standard InChI is InChI=1S/C36H62N6O10/c1-27(43)40(50)18-8-2-5-15-37-30(44)11-13-32(46)41(51)19-9-3-6-16-38-31(45)12-14-33(47)42(52)20-10-4-7-17-39-34(48)35-22-28-21-29(23-35)25-36(49,24-28)26-35/h28-29,49-52H,2-26H2,1H3,(H,37,44)(H,38,45)(H,39,48). The molecule has 16 heteroatoms. The van der Waals surface area contributed by atoms with Gasteiger partial charge in [0.05, 0.1) is 11.0 Å². The minimum Gasteiger partial charge on any atom is -0.390 e. The van der Waals surface area contributed by atoms with Gasteiger partial charge in [-0.2, -0.15) is 0 Å². The number of nitrogens with zero attached hydrogens (tertiary/aromatic N) is 3. The molecule has 4 saturated carbocycles. The molecule has 4 bridgehead atoms. The molecule has 2 unspecified atom stereocenters. The number of unbranched alkanes of at least 4 members (excludes halogenated alkanes) is 6. The zero-order chi connectivity index (χ0) is 38.1. The lowest BCUT2D eigenvalue weighted by atomic mass is 9.47. The molecule has 4 rings (SSSR count). The SMILES string of the molecule is CC(=O)N(O)CCCCCNC(=O)CCC(=O)N(O)CCCCCNC(=O)CCC(=O)N(O)CCCCCNC(=O)C12CC3CC(CC(O)(C3)C1)C2. The van der Waals surface area contributed by atoms with Gasteiger partial charge < -0.3 is 21.1 Å². The molecule has 7 N–H and O–H groups in total. The molecule has 52 heavy (non-hydrogen) atoms. The smallest absolute Gasteiger partial charge is 0.246 e. The first-order valence-electron chi connectivity index (χ1n) is 19.2. The van der Waals surface area contributed by atoms with Crippen LogP contribution in [0, 0.1) is 17.3 Å². The molecule has 2 atom stereocenters. The van der Waals surface area contributed by atoms with E-state index in [0.29, 0.717) is 104 Å². The second-order valence-corrected chi connectivity index (χ2v) is 15.3. The van der Waals surface area contributed by atoms with E-state index in [0.717, 1.165) is 38.5 Å². The first-order chi connectivity index (χ1) is 24.7. The van der Waals surface area contributed by atoms with Crippen LogP contribution in [0.2, 0.25) is 0 Å². The Labute approximate surface area is 306 Å². The van der Waals surface area contributed by atoms with Crippen LogP contribution in [-0.4, -0.2) is 116 Å². The highest BCUT2D eigenvalue weighted by molar-refractivity contribution is 5.84. The molecule has 0 radical (unpaired) electrons. The fourth-order valence-electron chi connectivity index (χ4n) is 8.30. The van der Waals surface area contributed by atoms with Crippen LogP contribution in [0.1, 0.15) is 129 Å². The highest BCUT2D eigenvalue weighted by Gasteiger charge is 2.60. The second kappa shape index (κ2) is 21.4. The molecule has 0 aromatic heterocycles. The lowest BCUT2D eigenvalue weighted by molar-refractivity contribution is -0.178. The molecular formula is C36H62N6O10. The monoisotopic (exact) mass is 738 g/mol. The number of rotatable bonds is 25. The Balaban J connectivity index is 1.11. The Morgan fingerprint density at radius 1 is 0.577 bits per heavy atom. The predicted molar refractivity (Wildman–Crippen MR) is 187 cm³/mol. The number of amides is 6. The average molecular weight is 739 g/mol. The van der Waals surface area contributed by atoms with E-state index >= 15 is 0 Å². The van der Waals surface area contributed by atoms with Crippen LogP contribution < -0.4 is 16.0 Å². The zero-order valence-corrected chi connectivity index (χ0v) is 30.9. The van der Waals surface area contributed by atoms with Crippen molar-refractivity contribution in [2.75, 3.05) is 39.3 Å². The van der Waals surface area contributed by atoms with E-state index in [2.05, 4.69) is 16.0 Å². The number of carbonyl (C=O) groups is 6. The van der Waals surface area contributed by atoms with Crippen LogP contribution in [0.15, 0.2) is 0 Å². The lowest BCUT2D eigenvalue weighted by Crippen LogP contribution is -2.60. The summed E-state index contributed by atoms with van der Waals surface area (Å²) in [6, 6.07) is 0. The maximum absolute atomic E-state index is 13.1.